The Morgan fingerprint density at radius 1 is 1.32 bits per heavy atom. The molecule has 0 amide bonds. The van der Waals surface area contributed by atoms with Crippen LogP contribution in [0.25, 0.3) is 0 Å². The summed E-state index contributed by atoms with van der Waals surface area (Å²) in [5.41, 5.74) is 3.13. The van der Waals surface area contributed by atoms with E-state index in [0.29, 0.717) is 11.8 Å². The van der Waals surface area contributed by atoms with Gasteiger partial charge in [-0.3, -0.25) is 0 Å². The fourth-order valence-corrected chi connectivity index (χ4v) is 3.97. The fraction of sp³-hybridized carbons (Fsp3) is 0.688. The van der Waals surface area contributed by atoms with Crippen molar-refractivity contribution in [3.05, 3.63) is 27.8 Å². The van der Waals surface area contributed by atoms with E-state index in [1.807, 2.05) is 5.51 Å². The van der Waals surface area contributed by atoms with Crippen LogP contribution in [0.1, 0.15) is 59.8 Å². The third-order valence-corrected chi connectivity index (χ3v) is 5.75. The molecule has 0 N–H and O–H groups in total. The number of aryl methyl sites for hydroxylation is 1. The van der Waals surface area contributed by atoms with Gasteiger partial charge in [0.15, 0.2) is 5.82 Å². The minimum absolute atomic E-state index is 0.438. The van der Waals surface area contributed by atoms with Crippen LogP contribution >= 0.6 is 11.3 Å². The van der Waals surface area contributed by atoms with Crippen molar-refractivity contribution in [1.82, 2.24) is 20.0 Å². The minimum atomic E-state index is 0.438. The Bertz CT molecular complexity index is 634. The van der Waals surface area contributed by atoms with Crippen molar-refractivity contribution in [1.29, 1.82) is 0 Å². The van der Waals surface area contributed by atoms with Gasteiger partial charge in [-0.15, -0.1) is 11.3 Å². The molecule has 118 valence electrons. The SMILES string of the molecule is Cc1ncsc1CCN1CCCC(c2noc(C3CC3)n2)C1. The molecule has 22 heavy (non-hydrogen) atoms. The first-order valence-corrected chi connectivity index (χ1v) is 9.12. The summed E-state index contributed by atoms with van der Waals surface area (Å²) in [5.74, 6) is 2.79. The van der Waals surface area contributed by atoms with Crippen LogP contribution in [0.3, 0.4) is 0 Å². The number of nitrogens with zero attached hydrogens (tertiary/aromatic N) is 4. The third kappa shape index (κ3) is 3.08. The lowest BCUT2D eigenvalue weighted by Crippen LogP contribution is -2.36. The van der Waals surface area contributed by atoms with Gasteiger partial charge >= 0.3 is 0 Å². The highest BCUT2D eigenvalue weighted by molar-refractivity contribution is 7.09. The van der Waals surface area contributed by atoms with Gasteiger partial charge < -0.3 is 9.42 Å². The first-order chi connectivity index (χ1) is 10.8. The maximum absolute atomic E-state index is 5.43. The van der Waals surface area contributed by atoms with Gasteiger partial charge in [-0.1, -0.05) is 5.16 Å². The van der Waals surface area contributed by atoms with Gasteiger partial charge in [0, 0.05) is 29.8 Å². The normalized spacial score (nSPS) is 23.0. The van der Waals surface area contributed by atoms with Crippen LogP contribution in [0, 0.1) is 6.92 Å². The molecule has 2 aromatic rings. The molecule has 2 fully saturated rings. The summed E-state index contributed by atoms with van der Waals surface area (Å²) in [6, 6.07) is 0. The van der Waals surface area contributed by atoms with Crippen LogP contribution in [-0.4, -0.2) is 39.7 Å². The highest BCUT2D eigenvalue weighted by Gasteiger charge is 2.32. The lowest BCUT2D eigenvalue weighted by Gasteiger charge is -2.31. The molecule has 0 radical (unpaired) electrons. The van der Waals surface area contributed by atoms with Crippen LogP contribution in [0.2, 0.25) is 0 Å². The van der Waals surface area contributed by atoms with Crippen molar-refractivity contribution in [3.8, 4) is 0 Å². The van der Waals surface area contributed by atoms with Gasteiger partial charge in [-0.05, 0) is 45.6 Å². The molecule has 6 heteroatoms. The maximum Gasteiger partial charge on any atom is 0.229 e. The summed E-state index contributed by atoms with van der Waals surface area (Å²) in [6.07, 6.45) is 5.93. The summed E-state index contributed by atoms with van der Waals surface area (Å²) in [4.78, 5) is 12.9. The average Bonchev–Trinajstić information content (AvgIpc) is 3.12. The van der Waals surface area contributed by atoms with E-state index in [1.165, 1.54) is 42.8 Å². The fourth-order valence-electron chi connectivity index (χ4n) is 3.20. The molecule has 5 nitrogen and oxygen atoms in total. The predicted molar refractivity (Wildman–Crippen MR) is 85.2 cm³/mol. The Balaban J connectivity index is 1.35. The second kappa shape index (κ2) is 6.08. The van der Waals surface area contributed by atoms with E-state index in [9.17, 15) is 0 Å². The first kappa shape index (κ1) is 14.3. The summed E-state index contributed by atoms with van der Waals surface area (Å²) >= 11 is 1.77. The summed E-state index contributed by atoms with van der Waals surface area (Å²) in [5, 5.41) is 4.24. The number of likely N-dealkylation sites (tertiary alicyclic amines) is 1. The Kier molecular flexibility index (Phi) is 3.96. The molecule has 2 aliphatic rings. The third-order valence-electron chi connectivity index (χ3n) is 4.75. The molecule has 1 unspecified atom stereocenters. The van der Waals surface area contributed by atoms with E-state index in [1.54, 1.807) is 11.3 Å². The molecular weight excluding hydrogens is 296 g/mol. The second-order valence-electron chi connectivity index (χ2n) is 6.52. The number of hydrogen-bond acceptors (Lipinski definition) is 6. The Hall–Kier alpha value is -1.27. The number of hydrogen-bond donors (Lipinski definition) is 0. The molecule has 1 saturated carbocycles. The number of thiazole rings is 1. The summed E-state index contributed by atoms with van der Waals surface area (Å²) < 4.78 is 5.43. The lowest BCUT2D eigenvalue weighted by atomic mass is 9.97. The van der Waals surface area contributed by atoms with E-state index >= 15 is 0 Å². The zero-order chi connectivity index (χ0) is 14.9. The van der Waals surface area contributed by atoms with E-state index in [2.05, 4.69) is 26.9 Å². The van der Waals surface area contributed by atoms with Crippen LogP contribution < -0.4 is 0 Å². The zero-order valence-corrected chi connectivity index (χ0v) is 13.8. The van der Waals surface area contributed by atoms with Gasteiger partial charge in [0.2, 0.25) is 5.89 Å². The smallest absolute Gasteiger partial charge is 0.229 e. The highest BCUT2D eigenvalue weighted by Crippen LogP contribution is 2.39. The molecule has 3 heterocycles. The largest absolute Gasteiger partial charge is 0.339 e. The zero-order valence-electron chi connectivity index (χ0n) is 13.0. The predicted octanol–water partition coefficient (Wildman–Crippen LogP) is 3.13. The minimum Gasteiger partial charge on any atom is -0.339 e. The Morgan fingerprint density at radius 3 is 3.00 bits per heavy atom. The first-order valence-electron chi connectivity index (χ1n) is 8.24. The van der Waals surface area contributed by atoms with Gasteiger partial charge in [0.1, 0.15) is 0 Å². The highest BCUT2D eigenvalue weighted by atomic mass is 32.1. The number of aromatic nitrogens is 3. The lowest BCUT2D eigenvalue weighted by molar-refractivity contribution is 0.204. The quantitative estimate of drug-likeness (QED) is 0.848. The molecule has 1 aliphatic carbocycles. The van der Waals surface area contributed by atoms with Gasteiger partial charge in [0.25, 0.3) is 0 Å². The van der Waals surface area contributed by atoms with E-state index in [-0.39, 0.29) is 0 Å². The van der Waals surface area contributed by atoms with Crippen LogP contribution in [0.4, 0.5) is 0 Å². The van der Waals surface area contributed by atoms with Crippen molar-refractivity contribution in [3.63, 3.8) is 0 Å². The molecular formula is C16H22N4OS. The molecule has 2 aromatic heterocycles. The average molecular weight is 318 g/mol. The second-order valence-corrected chi connectivity index (χ2v) is 7.46. The van der Waals surface area contributed by atoms with Crippen LogP contribution in [0.5, 0.6) is 0 Å². The Labute approximate surface area is 134 Å². The van der Waals surface area contributed by atoms with Crippen molar-refractivity contribution in [2.75, 3.05) is 19.6 Å². The van der Waals surface area contributed by atoms with Crippen molar-refractivity contribution in [2.24, 2.45) is 0 Å². The molecule has 1 saturated heterocycles. The van der Waals surface area contributed by atoms with E-state index in [4.69, 9.17) is 4.52 Å². The van der Waals surface area contributed by atoms with Crippen molar-refractivity contribution < 1.29 is 4.52 Å². The van der Waals surface area contributed by atoms with Crippen molar-refractivity contribution in [2.45, 2.75) is 50.9 Å². The van der Waals surface area contributed by atoms with Gasteiger partial charge in [-0.25, -0.2) is 4.98 Å². The number of rotatable bonds is 5. The molecule has 1 aliphatic heterocycles. The molecule has 0 aromatic carbocycles. The Morgan fingerprint density at radius 2 is 2.23 bits per heavy atom. The van der Waals surface area contributed by atoms with Gasteiger partial charge in [0.05, 0.1) is 11.2 Å². The van der Waals surface area contributed by atoms with Crippen LogP contribution in [-0.2, 0) is 6.42 Å². The van der Waals surface area contributed by atoms with E-state index in [0.717, 1.165) is 31.2 Å². The standard InChI is InChI=1S/C16H22N4OS/c1-11-14(22-10-17-11)6-8-20-7-2-3-13(9-20)15-18-16(21-19-15)12-4-5-12/h10,12-13H,2-9H2,1H3. The number of piperidine rings is 1. The molecule has 0 spiro atoms. The monoisotopic (exact) mass is 318 g/mol. The summed E-state index contributed by atoms with van der Waals surface area (Å²) in [6.45, 7) is 5.44. The molecule has 4 rings (SSSR count). The topological polar surface area (TPSA) is 55.1 Å². The van der Waals surface area contributed by atoms with Gasteiger partial charge in [-0.2, -0.15) is 4.98 Å². The molecule has 1 atom stereocenters. The maximum atomic E-state index is 5.43. The van der Waals surface area contributed by atoms with E-state index < -0.39 is 0 Å². The van der Waals surface area contributed by atoms with Crippen molar-refractivity contribution >= 4 is 11.3 Å². The molecule has 0 bridgehead atoms. The summed E-state index contributed by atoms with van der Waals surface area (Å²) in [7, 11) is 0. The van der Waals surface area contributed by atoms with Crippen LogP contribution in [0.15, 0.2) is 10.0 Å².